The van der Waals surface area contributed by atoms with Crippen LogP contribution in [0.5, 0.6) is 0 Å². The Bertz CT molecular complexity index is 983. The summed E-state index contributed by atoms with van der Waals surface area (Å²) in [5.74, 6) is -1.05. The van der Waals surface area contributed by atoms with Crippen LogP contribution in [0.15, 0.2) is 53.4 Å². The van der Waals surface area contributed by atoms with Gasteiger partial charge >= 0.3 is 5.97 Å². The van der Waals surface area contributed by atoms with Crippen LogP contribution in [0.4, 0.5) is 0 Å². The number of amides is 1. The Morgan fingerprint density at radius 2 is 1.71 bits per heavy atom. The third-order valence-corrected chi connectivity index (χ3v) is 5.64. The molecule has 1 saturated heterocycles. The molecule has 0 unspecified atom stereocenters. The van der Waals surface area contributed by atoms with Gasteiger partial charge in [0.1, 0.15) is 0 Å². The van der Waals surface area contributed by atoms with Crippen molar-refractivity contribution in [1.29, 1.82) is 0 Å². The predicted molar refractivity (Wildman–Crippen MR) is 103 cm³/mol. The van der Waals surface area contributed by atoms with Crippen molar-refractivity contribution in [2.24, 2.45) is 5.14 Å². The van der Waals surface area contributed by atoms with Crippen molar-refractivity contribution in [2.75, 3.05) is 13.1 Å². The summed E-state index contributed by atoms with van der Waals surface area (Å²) in [5.41, 5.74) is 1.15. The lowest BCUT2D eigenvalue weighted by atomic mass is 10.1. The molecule has 0 spiro atoms. The van der Waals surface area contributed by atoms with Gasteiger partial charge in [-0.25, -0.2) is 18.4 Å². The third kappa shape index (κ3) is 4.40. The molecule has 1 heterocycles. The second-order valence-corrected chi connectivity index (χ2v) is 8.31. The molecule has 0 aliphatic carbocycles. The second-order valence-electron chi connectivity index (χ2n) is 6.75. The summed E-state index contributed by atoms with van der Waals surface area (Å²) in [4.78, 5) is 27.3. The summed E-state index contributed by atoms with van der Waals surface area (Å²) in [6.07, 6.45) is 0.734. The van der Waals surface area contributed by atoms with Gasteiger partial charge in [-0.05, 0) is 37.5 Å². The zero-order valence-corrected chi connectivity index (χ0v) is 16.3. The smallest absolute Gasteiger partial charge is 0.339 e. The van der Waals surface area contributed by atoms with Crippen molar-refractivity contribution in [3.05, 3.63) is 65.2 Å². The fraction of sp³-hybridized carbons (Fsp3) is 0.300. The lowest BCUT2D eigenvalue weighted by molar-refractivity contribution is -0.140. The molecule has 0 bridgehead atoms. The number of sulfonamides is 1. The van der Waals surface area contributed by atoms with E-state index in [4.69, 9.17) is 9.88 Å². The van der Waals surface area contributed by atoms with Gasteiger partial charge in [0.05, 0.1) is 10.5 Å². The molecule has 28 heavy (non-hydrogen) atoms. The summed E-state index contributed by atoms with van der Waals surface area (Å²) in [6, 6.07) is 12.8. The molecule has 0 saturated carbocycles. The van der Waals surface area contributed by atoms with E-state index in [-0.39, 0.29) is 16.4 Å². The van der Waals surface area contributed by atoms with E-state index in [2.05, 4.69) is 0 Å². The largest absolute Gasteiger partial charge is 0.444 e. The van der Waals surface area contributed by atoms with Crippen LogP contribution in [-0.4, -0.2) is 38.3 Å². The molecule has 1 aliphatic rings. The topological polar surface area (TPSA) is 107 Å². The minimum absolute atomic E-state index is 0.0571. The van der Waals surface area contributed by atoms with Gasteiger partial charge in [0.25, 0.3) is 5.91 Å². The van der Waals surface area contributed by atoms with E-state index in [0.29, 0.717) is 24.2 Å². The van der Waals surface area contributed by atoms with Gasteiger partial charge in [-0.1, -0.05) is 36.4 Å². The second kappa shape index (κ2) is 8.12. The lowest BCUT2D eigenvalue weighted by Gasteiger charge is -2.24. The molecule has 1 amide bonds. The molecule has 3 rings (SSSR count). The molecule has 1 fully saturated rings. The third-order valence-electron chi connectivity index (χ3n) is 4.73. The number of primary sulfonamides is 1. The van der Waals surface area contributed by atoms with Crippen molar-refractivity contribution < 1.29 is 22.7 Å². The van der Waals surface area contributed by atoms with Gasteiger partial charge < -0.3 is 9.64 Å². The van der Waals surface area contributed by atoms with Gasteiger partial charge in [-0.2, -0.15) is 0 Å². The van der Waals surface area contributed by atoms with Gasteiger partial charge in [-0.3, -0.25) is 4.79 Å². The lowest BCUT2D eigenvalue weighted by Crippen LogP contribution is -2.35. The fourth-order valence-electron chi connectivity index (χ4n) is 3.16. The Labute approximate surface area is 164 Å². The van der Waals surface area contributed by atoms with Crippen LogP contribution < -0.4 is 5.14 Å². The Hall–Kier alpha value is -2.71. The average Bonchev–Trinajstić information content (AvgIpc) is 3.20. The van der Waals surface area contributed by atoms with E-state index < -0.39 is 22.1 Å². The number of ether oxygens (including phenoxy) is 1. The molecular formula is C20H22N2O5S. The maximum absolute atomic E-state index is 13.0. The number of nitrogens with two attached hydrogens (primary N) is 1. The van der Waals surface area contributed by atoms with Crippen LogP contribution >= 0.6 is 0 Å². The van der Waals surface area contributed by atoms with Crippen molar-refractivity contribution >= 4 is 21.9 Å². The van der Waals surface area contributed by atoms with Gasteiger partial charge in [0, 0.05) is 18.7 Å². The molecule has 0 aromatic heterocycles. The molecule has 7 nitrogen and oxygen atoms in total. The molecule has 2 aromatic rings. The molecule has 8 heteroatoms. The number of esters is 1. The minimum atomic E-state index is -3.97. The Kier molecular flexibility index (Phi) is 5.81. The predicted octanol–water partition coefficient (Wildman–Crippen LogP) is 2.16. The Morgan fingerprint density at radius 3 is 2.32 bits per heavy atom. The minimum Gasteiger partial charge on any atom is -0.444 e. The first-order chi connectivity index (χ1) is 13.3. The molecule has 1 atom stereocenters. The van der Waals surface area contributed by atoms with Gasteiger partial charge in [0.15, 0.2) is 0 Å². The maximum Gasteiger partial charge on any atom is 0.339 e. The number of hydrogen-bond donors (Lipinski definition) is 1. The monoisotopic (exact) mass is 402 g/mol. The summed E-state index contributed by atoms with van der Waals surface area (Å²) >= 11 is 0. The molecule has 2 aromatic carbocycles. The summed E-state index contributed by atoms with van der Waals surface area (Å²) in [7, 11) is -3.97. The number of nitrogens with zero attached hydrogens (tertiary/aromatic N) is 1. The van der Waals surface area contributed by atoms with Crippen LogP contribution in [-0.2, 0) is 19.6 Å². The molecule has 0 radical (unpaired) electrons. The van der Waals surface area contributed by atoms with Crippen LogP contribution in [0.2, 0.25) is 0 Å². The quantitative estimate of drug-likeness (QED) is 0.772. The number of carbonyl (C=O) groups excluding carboxylic acids is 2. The highest BCUT2D eigenvalue weighted by molar-refractivity contribution is 7.89. The Morgan fingerprint density at radius 1 is 1.07 bits per heavy atom. The zero-order chi connectivity index (χ0) is 20.3. The molecule has 1 aliphatic heterocycles. The maximum atomic E-state index is 13.0. The number of hydrogen-bond acceptors (Lipinski definition) is 5. The summed E-state index contributed by atoms with van der Waals surface area (Å²) in [5, 5.41) is 5.16. The van der Waals surface area contributed by atoms with Gasteiger partial charge in [-0.15, -0.1) is 0 Å². The van der Waals surface area contributed by atoms with Crippen LogP contribution in [0.1, 0.15) is 40.4 Å². The fourth-order valence-corrected chi connectivity index (χ4v) is 3.70. The van der Waals surface area contributed by atoms with Crippen molar-refractivity contribution in [1.82, 2.24) is 4.90 Å². The first kappa shape index (κ1) is 20.0. The van der Waals surface area contributed by atoms with Crippen LogP contribution in [0.25, 0.3) is 0 Å². The number of rotatable bonds is 5. The highest BCUT2D eigenvalue weighted by atomic mass is 32.2. The van der Waals surface area contributed by atoms with Crippen LogP contribution in [0.3, 0.4) is 0 Å². The standard InChI is InChI=1S/C20H22N2O5S/c1-14-9-10-16(28(21,25)26)13-17(14)20(24)27-18(15-7-3-2-4-8-15)19(23)22-11-5-6-12-22/h2-4,7-10,13,18H,5-6,11-12H2,1H3,(H2,21,25,26)/t18-/m0/s1. The Balaban J connectivity index is 1.92. The first-order valence-electron chi connectivity index (χ1n) is 8.95. The van der Waals surface area contributed by atoms with E-state index in [1.807, 2.05) is 6.07 Å². The molecular weight excluding hydrogens is 380 g/mol. The summed E-state index contributed by atoms with van der Waals surface area (Å²) in [6.45, 7) is 2.91. The molecule has 148 valence electrons. The summed E-state index contributed by atoms with van der Waals surface area (Å²) < 4.78 is 28.8. The first-order valence-corrected chi connectivity index (χ1v) is 10.5. The van der Waals surface area contributed by atoms with Crippen molar-refractivity contribution in [3.8, 4) is 0 Å². The zero-order valence-electron chi connectivity index (χ0n) is 15.5. The van der Waals surface area contributed by atoms with Crippen LogP contribution in [0, 0.1) is 6.92 Å². The number of benzene rings is 2. The van der Waals surface area contributed by atoms with Crippen molar-refractivity contribution in [3.63, 3.8) is 0 Å². The SMILES string of the molecule is Cc1ccc(S(N)(=O)=O)cc1C(=O)O[C@H](C(=O)N1CCCC1)c1ccccc1. The number of aryl methyl sites for hydroxylation is 1. The van der Waals surface area contributed by atoms with E-state index in [1.54, 1.807) is 36.1 Å². The van der Waals surface area contributed by atoms with E-state index in [9.17, 15) is 18.0 Å². The van der Waals surface area contributed by atoms with Gasteiger partial charge in [0.2, 0.25) is 16.1 Å². The van der Waals surface area contributed by atoms with E-state index >= 15 is 0 Å². The van der Waals surface area contributed by atoms with Crippen molar-refractivity contribution in [2.45, 2.75) is 30.8 Å². The van der Waals surface area contributed by atoms with E-state index in [0.717, 1.165) is 12.8 Å². The highest BCUT2D eigenvalue weighted by Gasteiger charge is 2.31. The highest BCUT2D eigenvalue weighted by Crippen LogP contribution is 2.25. The molecule has 2 N–H and O–H groups in total. The number of likely N-dealkylation sites (tertiary alicyclic amines) is 1. The normalized spacial score (nSPS) is 15.3. The van der Waals surface area contributed by atoms with E-state index in [1.165, 1.54) is 18.2 Å². The number of carbonyl (C=O) groups is 2. The average molecular weight is 402 g/mol.